The van der Waals surface area contributed by atoms with E-state index in [0.717, 1.165) is 34.6 Å². The summed E-state index contributed by atoms with van der Waals surface area (Å²) in [6, 6.07) is 12.1. The predicted octanol–water partition coefficient (Wildman–Crippen LogP) is 7.57. The molecule has 0 unspecified atom stereocenters. The molecule has 3 aromatic carbocycles. The number of amides is 1. The van der Waals surface area contributed by atoms with Gasteiger partial charge in [0.1, 0.15) is 5.75 Å². The summed E-state index contributed by atoms with van der Waals surface area (Å²) in [5, 5.41) is 14.5. The molecule has 4 rings (SSSR count). The van der Waals surface area contributed by atoms with E-state index in [1.54, 1.807) is 12.1 Å². The first-order valence-electron chi connectivity index (χ1n) is 10.6. The summed E-state index contributed by atoms with van der Waals surface area (Å²) in [4.78, 5) is 27.7. The maximum absolute atomic E-state index is 12.9. The largest absolute Gasteiger partial charge is 0.449 e. The highest BCUT2D eigenvalue weighted by atomic mass is 35.5. The van der Waals surface area contributed by atoms with E-state index in [-0.39, 0.29) is 16.7 Å². The molecule has 3 aromatic rings. The van der Waals surface area contributed by atoms with Gasteiger partial charge in [0.25, 0.3) is 5.91 Å². The lowest BCUT2D eigenvalue weighted by molar-refractivity contribution is -0.385. The zero-order valence-electron chi connectivity index (χ0n) is 19.2. The van der Waals surface area contributed by atoms with Crippen LogP contribution in [0.15, 0.2) is 64.5 Å². The third-order valence-electron chi connectivity index (χ3n) is 5.41. The van der Waals surface area contributed by atoms with Gasteiger partial charge in [-0.25, -0.2) is 4.99 Å². The number of nitrogens with zero attached hydrogens (tertiary/aromatic N) is 2. The van der Waals surface area contributed by atoms with E-state index >= 15 is 0 Å². The summed E-state index contributed by atoms with van der Waals surface area (Å²) in [6.45, 7) is 3.91. The Morgan fingerprint density at radius 3 is 2.51 bits per heavy atom. The fraction of sp³-hybridized carbons (Fsp3) is 0.120. The van der Waals surface area contributed by atoms with E-state index in [4.69, 9.17) is 16.3 Å². The molecule has 1 saturated heterocycles. The predicted molar refractivity (Wildman–Crippen MR) is 136 cm³/mol. The molecule has 1 aliphatic rings. The number of rotatable bonds is 5. The van der Waals surface area contributed by atoms with Crippen molar-refractivity contribution in [3.63, 3.8) is 0 Å². The second kappa shape index (κ2) is 10.3. The first-order valence-corrected chi connectivity index (χ1v) is 11.8. The highest BCUT2D eigenvalue weighted by Gasteiger charge is 2.33. The lowest BCUT2D eigenvalue weighted by Crippen LogP contribution is -2.19. The highest BCUT2D eigenvalue weighted by molar-refractivity contribution is 8.18. The van der Waals surface area contributed by atoms with Crippen molar-refractivity contribution >= 4 is 51.9 Å². The van der Waals surface area contributed by atoms with Crippen molar-refractivity contribution in [1.29, 1.82) is 0 Å². The smallest absolute Gasteiger partial charge is 0.416 e. The van der Waals surface area contributed by atoms with Crippen molar-refractivity contribution in [2.45, 2.75) is 20.0 Å². The molecule has 1 fully saturated rings. The molecule has 0 atom stereocenters. The van der Waals surface area contributed by atoms with Gasteiger partial charge >= 0.3 is 11.9 Å². The number of nitro benzene ring substituents is 1. The lowest BCUT2D eigenvalue weighted by atomic mass is 10.1. The first-order chi connectivity index (χ1) is 17.4. The van der Waals surface area contributed by atoms with Crippen LogP contribution in [0.2, 0.25) is 5.02 Å². The van der Waals surface area contributed by atoms with E-state index in [1.807, 2.05) is 32.0 Å². The van der Waals surface area contributed by atoms with Crippen LogP contribution in [0.1, 0.15) is 22.3 Å². The number of amidine groups is 1. The minimum absolute atomic E-state index is 0.00706. The van der Waals surface area contributed by atoms with Crippen LogP contribution in [0.25, 0.3) is 6.08 Å². The third-order valence-corrected chi connectivity index (χ3v) is 6.61. The molecule has 0 aliphatic carbocycles. The molecular formula is C25H17ClF3N3O4S. The molecule has 1 N–H and O–H groups in total. The molecule has 1 aliphatic heterocycles. The number of halogens is 4. The Labute approximate surface area is 218 Å². The SMILES string of the molecule is Cc1cccc(N=C2NC(=O)/C(=C/c3ccc(Oc4ccc(C(F)(F)F)cc4[N+](=O)[O-])c(Cl)c3)S2)c1C. The number of hydrogen-bond donors (Lipinski definition) is 1. The number of nitrogens with one attached hydrogen (secondary N) is 1. The normalized spacial score (nSPS) is 15.8. The molecule has 7 nitrogen and oxygen atoms in total. The summed E-state index contributed by atoms with van der Waals surface area (Å²) in [7, 11) is 0. The number of aliphatic imine (C=N–C) groups is 1. The van der Waals surface area contributed by atoms with Gasteiger partial charge in [0.05, 0.1) is 26.1 Å². The fourth-order valence-corrected chi connectivity index (χ4v) is 4.39. The zero-order chi connectivity index (χ0) is 26.9. The van der Waals surface area contributed by atoms with Gasteiger partial charge in [0, 0.05) is 6.07 Å². The van der Waals surface area contributed by atoms with Gasteiger partial charge in [-0.1, -0.05) is 29.8 Å². The van der Waals surface area contributed by atoms with Crippen molar-refractivity contribution in [2.75, 3.05) is 0 Å². The molecule has 0 radical (unpaired) electrons. The van der Waals surface area contributed by atoms with E-state index in [1.165, 1.54) is 12.1 Å². The van der Waals surface area contributed by atoms with Gasteiger partial charge in [0.2, 0.25) is 5.75 Å². The lowest BCUT2D eigenvalue weighted by Gasteiger charge is -2.11. The Balaban J connectivity index is 1.56. The van der Waals surface area contributed by atoms with Crippen molar-refractivity contribution < 1.29 is 27.6 Å². The number of alkyl halides is 3. The number of hydrogen-bond acceptors (Lipinski definition) is 6. The molecule has 12 heteroatoms. The van der Waals surface area contributed by atoms with E-state index in [2.05, 4.69) is 10.3 Å². The average Bonchev–Trinajstić information content (AvgIpc) is 3.16. The number of carbonyl (C=O) groups excluding carboxylic acids is 1. The number of nitro groups is 1. The third kappa shape index (κ3) is 5.95. The molecule has 0 aromatic heterocycles. The van der Waals surface area contributed by atoms with Gasteiger partial charge in [-0.05, 0) is 78.7 Å². The summed E-state index contributed by atoms with van der Waals surface area (Å²) in [6.07, 6.45) is -3.16. The Hall–Kier alpha value is -3.83. The van der Waals surface area contributed by atoms with Gasteiger partial charge in [0.15, 0.2) is 5.17 Å². The van der Waals surface area contributed by atoms with E-state index < -0.39 is 28.1 Å². The van der Waals surface area contributed by atoms with Crippen molar-refractivity contribution in [3.05, 3.63) is 96.9 Å². The van der Waals surface area contributed by atoms with Crippen molar-refractivity contribution in [1.82, 2.24) is 5.32 Å². The van der Waals surface area contributed by atoms with Crippen LogP contribution in [0, 0.1) is 24.0 Å². The summed E-state index contributed by atoms with van der Waals surface area (Å²) in [5.74, 6) is -0.748. The second-order valence-corrected chi connectivity index (χ2v) is 9.37. The Morgan fingerprint density at radius 2 is 1.84 bits per heavy atom. The van der Waals surface area contributed by atoms with Crippen LogP contribution in [0.3, 0.4) is 0 Å². The van der Waals surface area contributed by atoms with Crippen LogP contribution < -0.4 is 10.1 Å². The second-order valence-electron chi connectivity index (χ2n) is 7.93. The molecule has 0 bridgehead atoms. The molecule has 1 amide bonds. The molecule has 190 valence electrons. The van der Waals surface area contributed by atoms with Crippen LogP contribution in [-0.4, -0.2) is 16.0 Å². The maximum Gasteiger partial charge on any atom is 0.416 e. The highest BCUT2D eigenvalue weighted by Crippen LogP contribution is 2.40. The number of thioether (sulfide) groups is 1. The van der Waals surface area contributed by atoms with Crippen molar-refractivity contribution in [3.8, 4) is 11.5 Å². The van der Waals surface area contributed by atoms with E-state index in [0.29, 0.717) is 27.8 Å². The standard InChI is InChI=1S/C25H17ClF3N3O4S/c1-13-4-3-5-18(14(13)2)30-24-31-23(33)22(37-24)11-15-6-8-20(17(26)10-15)36-21-9-7-16(25(27,28)29)12-19(21)32(34)35/h3-12H,1-2H3,(H,30,31,33)/b22-11-. The number of aryl methyl sites for hydroxylation is 1. The number of benzene rings is 3. The fourth-order valence-electron chi connectivity index (χ4n) is 3.33. The molecular weight excluding hydrogens is 531 g/mol. The molecule has 1 heterocycles. The van der Waals surface area contributed by atoms with Crippen molar-refractivity contribution in [2.24, 2.45) is 4.99 Å². The van der Waals surface area contributed by atoms with Crippen LogP contribution in [0.5, 0.6) is 11.5 Å². The quantitative estimate of drug-likeness (QED) is 0.202. The van der Waals surface area contributed by atoms with Crippen LogP contribution >= 0.6 is 23.4 Å². The summed E-state index contributed by atoms with van der Waals surface area (Å²) < 4.78 is 44.3. The number of carbonyl (C=O) groups is 1. The first kappa shape index (κ1) is 26.2. The molecule has 0 saturated carbocycles. The topological polar surface area (TPSA) is 93.8 Å². The van der Waals surface area contributed by atoms with Crippen LogP contribution in [-0.2, 0) is 11.0 Å². The number of ether oxygens (including phenoxy) is 1. The van der Waals surface area contributed by atoms with Gasteiger partial charge in [-0.2, -0.15) is 13.2 Å². The Kier molecular flexibility index (Phi) is 7.28. The minimum atomic E-state index is -4.75. The maximum atomic E-state index is 12.9. The van der Waals surface area contributed by atoms with Gasteiger partial charge < -0.3 is 10.1 Å². The average molecular weight is 548 g/mol. The summed E-state index contributed by atoms with van der Waals surface area (Å²) in [5.41, 5.74) is 1.32. The monoisotopic (exact) mass is 547 g/mol. The Morgan fingerprint density at radius 1 is 1.11 bits per heavy atom. The Bertz CT molecular complexity index is 1490. The molecule has 37 heavy (non-hydrogen) atoms. The van der Waals surface area contributed by atoms with E-state index in [9.17, 15) is 28.1 Å². The molecule has 0 spiro atoms. The van der Waals surface area contributed by atoms with Gasteiger partial charge in [-0.15, -0.1) is 0 Å². The van der Waals surface area contributed by atoms with Crippen LogP contribution in [0.4, 0.5) is 24.5 Å². The summed E-state index contributed by atoms with van der Waals surface area (Å²) >= 11 is 7.42. The zero-order valence-corrected chi connectivity index (χ0v) is 20.8. The minimum Gasteiger partial charge on any atom is -0.449 e. The van der Waals surface area contributed by atoms with Gasteiger partial charge in [-0.3, -0.25) is 14.9 Å².